The molecule has 0 atom stereocenters. The zero-order chi connectivity index (χ0) is 11.5. The van der Waals surface area contributed by atoms with Crippen LogP contribution in [0, 0.1) is 0 Å². The Balaban J connectivity index is 2.58. The van der Waals surface area contributed by atoms with Crippen molar-refractivity contribution in [1.29, 1.82) is 0 Å². The van der Waals surface area contributed by atoms with Gasteiger partial charge >= 0.3 is 0 Å². The Morgan fingerprint density at radius 3 is 2.67 bits per heavy atom. The zero-order valence-corrected chi connectivity index (χ0v) is 10.7. The minimum Gasteiger partial charge on any atom is -0.197 e. The van der Waals surface area contributed by atoms with Gasteiger partial charge in [0.05, 0.1) is 0 Å². The summed E-state index contributed by atoms with van der Waals surface area (Å²) in [6.45, 7) is 4.03. The quantitative estimate of drug-likeness (QED) is 0.857. The highest BCUT2D eigenvalue weighted by Gasteiger charge is 2.19. The summed E-state index contributed by atoms with van der Waals surface area (Å²) in [5.74, 6) is 0. The molecule has 6 heteroatoms. The Labute approximate surface area is 95.1 Å². The topological polar surface area (TPSA) is 49.4 Å². The van der Waals surface area contributed by atoms with Gasteiger partial charge in [-0.1, -0.05) is 6.07 Å². The zero-order valence-electron chi connectivity index (χ0n) is 9.10. The van der Waals surface area contributed by atoms with Crippen molar-refractivity contribution in [3.8, 4) is 0 Å². The molecule has 0 saturated carbocycles. The van der Waals surface area contributed by atoms with Gasteiger partial charge in [-0.2, -0.15) is 17.4 Å². The Kier molecular flexibility index (Phi) is 4.27. The van der Waals surface area contributed by atoms with Gasteiger partial charge in [0, 0.05) is 24.5 Å². The number of hydrogen-bond acceptors (Lipinski definition) is 3. The van der Waals surface area contributed by atoms with Gasteiger partial charge in [0.1, 0.15) is 0 Å². The molecule has 0 fully saturated rings. The molecule has 0 aliphatic heterocycles. The average Bonchev–Trinajstić information content (AvgIpc) is 2.66. The summed E-state index contributed by atoms with van der Waals surface area (Å²) >= 11 is 1.54. The maximum Gasteiger partial charge on any atom is 0.279 e. The van der Waals surface area contributed by atoms with E-state index in [4.69, 9.17) is 0 Å². The third kappa shape index (κ3) is 3.57. The second-order valence-electron chi connectivity index (χ2n) is 3.52. The molecule has 0 unspecified atom stereocenters. The lowest BCUT2D eigenvalue weighted by Crippen LogP contribution is -2.41. The van der Waals surface area contributed by atoms with Gasteiger partial charge in [-0.05, 0) is 25.3 Å². The molecule has 1 rings (SSSR count). The fraction of sp³-hybridized carbons (Fsp3) is 0.556. The molecule has 1 aromatic heterocycles. The van der Waals surface area contributed by atoms with Crippen LogP contribution in [-0.2, 0) is 16.8 Å². The highest BCUT2D eigenvalue weighted by atomic mass is 32.2. The molecule has 0 aliphatic rings. The number of nitrogens with zero attached hydrogens (tertiary/aromatic N) is 1. The van der Waals surface area contributed by atoms with Crippen LogP contribution in [0.3, 0.4) is 0 Å². The molecule has 0 aromatic carbocycles. The van der Waals surface area contributed by atoms with Crippen molar-refractivity contribution in [3.63, 3.8) is 0 Å². The number of nitrogens with one attached hydrogen (secondary N) is 1. The summed E-state index contributed by atoms with van der Waals surface area (Å²) in [4.78, 5) is 1.01. The SMILES string of the molecule is CC(C)N(C)S(=O)(=O)NCc1cccs1. The van der Waals surface area contributed by atoms with Crippen LogP contribution in [0.1, 0.15) is 18.7 Å². The normalized spacial score (nSPS) is 12.6. The third-order valence-corrected chi connectivity index (χ3v) is 4.68. The van der Waals surface area contributed by atoms with Gasteiger partial charge < -0.3 is 0 Å². The molecule has 0 saturated heterocycles. The molecule has 4 nitrogen and oxygen atoms in total. The van der Waals surface area contributed by atoms with Crippen molar-refractivity contribution in [3.05, 3.63) is 22.4 Å². The van der Waals surface area contributed by atoms with E-state index in [-0.39, 0.29) is 6.04 Å². The van der Waals surface area contributed by atoms with Crippen molar-refractivity contribution in [2.45, 2.75) is 26.4 Å². The minimum absolute atomic E-state index is 0.0363. The van der Waals surface area contributed by atoms with E-state index in [9.17, 15) is 8.42 Å². The van der Waals surface area contributed by atoms with E-state index in [0.717, 1.165) is 4.88 Å². The van der Waals surface area contributed by atoms with Gasteiger partial charge in [0.2, 0.25) is 0 Å². The predicted molar refractivity (Wildman–Crippen MR) is 63.0 cm³/mol. The van der Waals surface area contributed by atoms with Crippen LogP contribution in [0.15, 0.2) is 17.5 Å². The summed E-state index contributed by atoms with van der Waals surface area (Å²) < 4.78 is 27.2. The van der Waals surface area contributed by atoms with Crippen molar-refractivity contribution in [2.75, 3.05) is 7.05 Å². The highest BCUT2D eigenvalue weighted by molar-refractivity contribution is 7.87. The van der Waals surface area contributed by atoms with Crippen LogP contribution in [0.4, 0.5) is 0 Å². The molecule has 0 amide bonds. The maximum absolute atomic E-state index is 11.7. The van der Waals surface area contributed by atoms with Crippen LogP contribution >= 0.6 is 11.3 Å². The Bertz CT molecular complexity index is 384. The van der Waals surface area contributed by atoms with Gasteiger partial charge in [-0.15, -0.1) is 11.3 Å². The van der Waals surface area contributed by atoms with Crippen molar-refractivity contribution >= 4 is 21.5 Å². The molecule has 0 radical (unpaired) electrons. The highest BCUT2D eigenvalue weighted by Crippen LogP contribution is 2.09. The number of hydrogen-bond donors (Lipinski definition) is 1. The molecule has 1 N–H and O–H groups in total. The summed E-state index contributed by atoms with van der Waals surface area (Å²) in [5, 5.41) is 1.93. The first kappa shape index (κ1) is 12.6. The van der Waals surface area contributed by atoms with Crippen molar-refractivity contribution in [2.24, 2.45) is 0 Å². The Morgan fingerprint density at radius 1 is 1.53 bits per heavy atom. The Hall–Kier alpha value is -0.430. The molecule has 0 spiro atoms. The lowest BCUT2D eigenvalue weighted by molar-refractivity contribution is 0.402. The van der Waals surface area contributed by atoms with Crippen molar-refractivity contribution < 1.29 is 8.42 Å². The molecule has 0 bridgehead atoms. The molecule has 1 aromatic rings. The van der Waals surface area contributed by atoms with E-state index < -0.39 is 10.2 Å². The molecule has 86 valence electrons. The lowest BCUT2D eigenvalue weighted by atomic mass is 10.4. The molecule has 1 heterocycles. The molecular weight excluding hydrogens is 232 g/mol. The van der Waals surface area contributed by atoms with Gasteiger partial charge in [0.25, 0.3) is 10.2 Å². The van der Waals surface area contributed by atoms with E-state index in [1.807, 2.05) is 31.4 Å². The second kappa shape index (κ2) is 5.07. The fourth-order valence-electron chi connectivity index (χ4n) is 0.955. The monoisotopic (exact) mass is 248 g/mol. The first-order valence-corrected chi connectivity index (χ1v) is 7.00. The van der Waals surface area contributed by atoms with E-state index >= 15 is 0 Å². The first-order valence-electron chi connectivity index (χ1n) is 4.68. The van der Waals surface area contributed by atoms with E-state index in [2.05, 4.69) is 4.72 Å². The summed E-state index contributed by atoms with van der Waals surface area (Å²) in [5.41, 5.74) is 0. The Morgan fingerprint density at radius 2 is 2.20 bits per heavy atom. The lowest BCUT2D eigenvalue weighted by Gasteiger charge is -2.20. The summed E-state index contributed by atoms with van der Waals surface area (Å²) in [6, 6.07) is 3.77. The minimum atomic E-state index is -3.35. The van der Waals surface area contributed by atoms with Crippen LogP contribution in [0.2, 0.25) is 0 Å². The fourth-order valence-corrected chi connectivity index (χ4v) is 2.79. The molecular formula is C9H16N2O2S2. The number of thiophene rings is 1. The maximum atomic E-state index is 11.7. The smallest absolute Gasteiger partial charge is 0.197 e. The van der Waals surface area contributed by atoms with Gasteiger partial charge in [0.15, 0.2) is 0 Å². The van der Waals surface area contributed by atoms with E-state index in [1.165, 1.54) is 15.6 Å². The van der Waals surface area contributed by atoms with E-state index in [0.29, 0.717) is 6.54 Å². The standard InChI is InChI=1S/C9H16N2O2S2/c1-8(2)11(3)15(12,13)10-7-9-5-4-6-14-9/h4-6,8,10H,7H2,1-3H3. The van der Waals surface area contributed by atoms with Gasteiger partial charge in [-0.25, -0.2) is 0 Å². The second-order valence-corrected chi connectivity index (χ2v) is 6.36. The average molecular weight is 248 g/mol. The van der Waals surface area contributed by atoms with Crippen molar-refractivity contribution in [1.82, 2.24) is 9.03 Å². The van der Waals surface area contributed by atoms with Crippen LogP contribution < -0.4 is 4.72 Å². The van der Waals surface area contributed by atoms with Crippen LogP contribution in [0.25, 0.3) is 0 Å². The van der Waals surface area contributed by atoms with Crippen LogP contribution in [-0.4, -0.2) is 25.8 Å². The first-order chi connectivity index (χ1) is 6.93. The third-order valence-electron chi connectivity index (χ3n) is 2.12. The van der Waals surface area contributed by atoms with E-state index in [1.54, 1.807) is 7.05 Å². The van der Waals surface area contributed by atoms with Crippen LogP contribution in [0.5, 0.6) is 0 Å². The van der Waals surface area contributed by atoms with Gasteiger partial charge in [-0.3, -0.25) is 0 Å². The molecule has 15 heavy (non-hydrogen) atoms. The summed E-state index contributed by atoms with van der Waals surface area (Å²) in [7, 11) is -1.77. The summed E-state index contributed by atoms with van der Waals surface area (Å²) in [6.07, 6.45) is 0. The molecule has 0 aliphatic carbocycles. The largest absolute Gasteiger partial charge is 0.279 e. The predicted octanol–water partition coefficient (Wildman–Crippen LogP) is 1.42. The number of rotatable bonds is 5.